The number of aromatic nitrogens is 3. The Labute approximate surface area is 115 Å². The van der Waals surface area contributed by atoms with Crippen LogP contribution in [0.2, 0.25) is 0 Å². The van der Waals surface area contributed by atoms with E-state index in [4.69, 9.17) is 5.73 Å². The van der Waals surface area contributed by atoms with Gasteiger partial charge in [-0.3, -0.25) is 5.10 Å². The van der Waals surface area contributed by atoms with Gasteiger partial charge < -0.3 is 5.73 Å². The van der Waals surface area contributed by atoms with Gasteiger partial charge in [0, 0.05) is 13.0 Å². The number of hydrogen-bond donors (Lipinski definition) is 3. The van der Waals surface area contributed by atoms with Crippen LogP contribution in [0, 0.1) is 5.82 Å². The van der Waals surface area contributed by atoms with Gasteiger partial charge in [0.1, 0.15) is 22.9 Å². The molecule has 0 aliphatic rings. The minimum absolute atomic E-state index is 0.00846. The maximum atomic E-state index is 13.1. The molecule has 0 unspecified atom stereocenters. The number of H-pyrrole nitrogens is 1. The number of anilines is 1. The Morgan fingerprint density at radius 2 is 2.20 bits per heavy atom. The number of aromatic amines is 1. The second-order valence-corrected chi connectivity index (χ2v) is 5.85. The lowest BCUT2D eigenvalue weighted by Gasteiger charge is -2.08. The Morgan fingerprint density at radius 3 is 2.90 bits per heavy atom. The van der Waals surface area contributed by atoms with E-state index in [-0.39, 0.29) is 17.1 Å². The van der Waals surface area contributed by atoms with Crippen molar-refractivity contribution in [1.82, 2.24) is 19.9 Å². The first kappa shape index (κ1) is 14.4. The van der Waals surface area contributed by atoms with E-state index >= 15 is 0 Å². The van der Waals surface area contributed by atoms with Crippen molar-refractivity contribution >= 4 is 15.7 Å². The van der Waals surface area contributed by atoms with Crippen LogP contribution >= 0.6 is 0 Å². The van der Waals surface area contributed by atoms with E-state index in [1.807, 2.05) is 0 Å². The van der Waals surface area contributed by atoms with Crippen molar-refractivity contribution in [3.63, 3.8) is 0 Å². The molecule has 7 nitrogen and oxygen atoms in total. The molecular formula is C11H14FN5O2S. The molecule has 0 saturated heterocycles. The highest BCUT2D eigenvalue weighted by Gasteiger charge is 2.17. The number of hydrogen-bond acceptors (Lipinski definition) is 5. The molecule has 0 fully saturated rings. The topological polar surface area (TPSA) is 114 Å². The van der Waals surface area contributed by atoms with E-state index < -0.39 is 15.8 Å². The standard InChI is InChI=1S/C11H14FN5O2S/c12-8-3-4-9(13)10(6-8)20(18,19)16-5-1-2-11-14-7-15-17-11/h3-4,6-7,16H,1-2,5,13H2,(H,14,15,17). The van der Waals surface area contributed by atoms with Crippen LogP contribution in [0.5, 0.6) is 0 Å². The molecule has 1 heterocycles. The van der Waals surface area contributed by atoms with Crippen molar-refractivity contribution in [2.24, 2.45) is 0 Å². The third-order valence-electron chi connectivity index (χ3n) is 2.61. The van der Waals surface area contributed by atoms with Crippen LogP contribution in [0.4, 0.5) is 10.1 Å². The first-order valence-corrected chi connectivity index (χ1v) is 7.36. The molecule has 4 N–H and O–H groups in total. The number of benzene rings is 1. The summed E-state index contributed by atoms with van der Waals surface area (Å²) in [5, 5.41) is 6.36. The Bertz CT molecular complexity index is 672. The fourth-order valence-electron chi connectivity index (χ4n) is 1.63. The van der Waals surface area contributed by atoms with E-state index in [2.05, 4.69) is 19.9 Å². The summed E-state index contributed by atoms with van der Waals surface area (Å²) in [5.74, 6) is 0.0238. The lowest BCUT2D eigenvalue weighted by molar-refractivity contribution is 0.575. The summed E-state index contributed by atoms with van der Waals surface area (Å²) >= 11 is 0. The molecule has 1 aromatic carbocycles. The lowest BCUT2D eigenvalue weighted by Crippen LogP contribution is -2.26. The van der Waals surface area contributed by atoms with Crippen molar-refractivity contribution in [2.45, 2.75) is 17.7 Å². The van der Waals surface area contributed by atoms with Crippen LogP contribution in [0.3, 0.4) is 0 Å². The van der Waals surface area contributed by atoms with Crippen LogP contribution in [-0.4, -0.2) is 30.1 Å². The minimum Gasteiger partial charge on any atom is -0.398 e. The average Bonchev–Trinajstić information content (AvgIpc) is 2.90. The number of nitrogen functional groups attached to an aromatic ring is 1. The number of rotatable bonds is 6. The fourth-order valence-corrected chi connectivity index (χ4v) is 2.85. The zero-order chi connectivity index (χ0) is 14.6. The van der Waals surface area contributed by atoms with Gasteiger partial charge in [-0.25, -0.2) is 22.5 Å². The van der Waals surface area contributed by atoms with Crippen LogP contribution in [0.15, 0.2) is 29.4 Å². The van der Waals surface area contributed by atoms with Gasteiger partial charge in [-0.1, -0.05) is 0 Å². The SMILES string of the molecule is Nc1ccc(F)cc1S(=O)(=O)NCCCc1ncn[nH]1. The van der Waals surface area contributed by atoms with Crippen molar-refractivity contribution in [3.05, 3.63) is 36.2 Å². The van der Waals surface area contributed by atoms with Gasteiger partial charge >= 0.3 is 0 Å². The molecular weight excluding hydrogens is 285 g/mol. The highest BCUT2D eigenvalue weighted by molar-refractivity contribution is 7.89. The molecule has 20 heavy (non-hydrogen) atoms. The van der Waals surface area contributed by atoms with Crippen LogP contribution in [0.1, 0.15) is 12.2 Å². The molecule has 0 atom stereocenters. The van der Waals surface area contributed by atoms with Crippen molar-refractivity contribution in [1.29, 1.82) is 0 Å². The van der Waals surface area contributed by atoms with E-state index in [1.54, 1.807) is 0 Å². The third-order valence-corrected chi connectivity index (χ3v) is 4.13. The molecule has 0 spiro atoms. The largest absolute Gasteiger partial charge is 0.398 e. The summed E-state index contributed by atoms with van der Waals surface area (Å²) in [4.78, 5) is 3.67. The third kappa shape index (κ3) is 3.52. The van der Waals surface area contributed by atoms with Gasteiger partial charge in [0.15, 0.2) is 0 Å². The molecule has 0 aliphatic heterocycles. The second-order valence-electron chi connectivity index (χ2n) is 4.12. The van der Waals surface area contributed by atoms with Gasteiger partial charge in [0.25, 0.3) is 0 Å². The van der Waals surface area contributed by atoms with Crippen molar-refractivity contribution in [2.75, 3.05) is 12.3 Å². The minimum atomic E-state index is -3.82. The summed E-state index contributed by atoms with van der Waals surface area (Å²) in [6.45, 7) is 0.193. The molecule has 0 aliphatic carbocycles. The monoisotopic (exact) mass is 299 g/mol. The summed E-state index contributed by atoms with van der Waals surface area (Å²) in [6.07, 6.45) is 2.47. The Hall–Kier alpha value is -2.00. The first-order valence-electron chi connectivity index (χ1n) is 5.88. The number of nitrogens with two attached hydrogens (primary N) is 1. The van der Waals surface area contributed by atoms with Crippen molar-refractivity contribution in [3.8, 4) is 0 Å². The van der Waals surface area contributed by atoms with E-state index in [0.29, 0.717) is 18.7 Å². The smallest absolute Gasteiger partial charge is 0.242 e. The zero-order valence-corrected chi connectivity index (χ0v) is 11.3. The molecule has 0 saturated carbocycles. The Balaban J connectivity index is 1.95. The summed E-state index contributed by atoms with van der Waals surface area (Å²) in [5.41, 5.74) is 5.56. The normalized spacial score (nSPS) is 11.7. The molecule has 0 radical (unpaired) electrons. The molecule has 2 rings (SSSR count). The number of nitrogens with one attached hydrogen (secondary N) is 2. The van der Waals surface area contributed by atoms with Crippen LogP contribution in [0.25, 0.3) is 0 Å². The van der Waals surface area contributed by atoms with E-state index in [9.17, 15) is 12.8 Å². The summed E-state index contributed by atoms with van der Waals surface area (Å²) in [7, 11) is -3.82. The number of aryl methyl sites for hydroxylation is 1. The highest BCUT2D eigenvalue weighted by atomic mass is 32.2. The van der Waals surface area contributed by atoms with Gasteiger partial charge in [-0.15, -0.1) is 0 Å². The van der Waals surface area contributed by atoms with Gasteiger partial charge in [-0.05, 0) is 24.6 Å². The van der Waals surface area contributed by atoms with Crippen LogP contribution < -0.4 is 10.5 Å². The number of sulfonamides is 1. The summed E-state index contributed by atoms with van der Waals surface area (Å²) in [6, 6.07) is 3.23. The molecule has 0 amide bonds. The predicted molar refractivity (Wildman–Crippen MR) is 70.7 cm³/mol. The highest BCUT2D eigenvalue weighted by Crippen LogP contribution is 2.18. The molecule has 0 bridgehead atoms. The Kier molecular flexibility index (Phi) is 4.30. The van der Waals surface area contributed by atoms with E-state index in [0.717, 1.165) is 12.1 Å². The van der Waals surface area contributed by atoms with Gasteiger partial charge in [0.05, 0.1) is 5.69 Å². The quantitative estimate of drug-likeness (QED) is 0.529. The number of nitrogens with zero attached hydrogens (tertiary/aromatic N) is 2. The zero-order valence-electron chi connectivity index (χ0n) is 10.5. The first-order chi connectivity index (χ1) is 9.49. The molecule has 9 heteroatoms. The van der Waals surface area contributed by atoms with Gasteiger partial charge in [-0.2, -0.15) is 5.10 Å². The lowest BCUT2D eigenvalue weighted by atomic mass is 10.3. The summed E-state index contributed by atoms with van der Waals surface area (Å²) < 4.78 is 39.4. The molecule has 2 aromatic rings. The van der Waals surface area contributed by atoms with Crippen molar-refractivity contribution < 1.29 is 12.8 Å². The maximum absolute atomic E-state index is 13.1. The fraction of sp³-hybridized carbons (Fsp3) is 0.273. The van der Waals surface area contributed by atoms with Crippen LogP contribution in [-0.2, 0) is 16.4 Å². The van der Waals surface area contributed by atoms with Gasteiger partial charge in [0.2, 0.25) is 10.0 Å². The number of halogens is 1. The van der Waals surface area contributed by atoms with E-state index in [1.165, 1.54) is 12.4 Å². The molecule has 108 valence electrons. The second kappa shape index (κ2) is 5.97. The maximum Gasteiger partial charge on any atom is 0.242 e. The predicted octanol–water partition coefficient (Wildman–Crippen LogP) is 0.437. The Morgan fingerprint density at radius 1 is 1.40 bits per heavy atom. The molecule has 1 aromatic heterocycles. The average molecular weight is 299 g/mol.